The number of aliphatic carboxylic acids is 2. The fourth-order valence-corrected chi connectivity index (χ4v) is 1.03. The van der Waals surface area contributed by atoms with Crippen molar-refractivity contribution in [1.82, 2.24) is 0 Å². The van der Waals surface area contributed by atoms with Gasteiger partial charge in [0, 0.05) is 18.6 Å². The summed E-state index contributed by atoms with van der Waals surface area (Å²) in [5, 5.41) is 15.2. The Morgan fingerprint density at radius 1 is 1.00 bits per heavy atom. The third-order valence-corrected chi connectivity index (χ3v) is 2.06. The van der Waals surface area contributed by atoms with Crippen LogP contribution in [0.3, 0.4) is 0 Å². The Balaban J connectivity index is 0. The summed E-state index contributed by atoms with van der Waals surface area (Å²) >= 11 is 0. The zero-order valence-electron chi connectivity index (χ0n) is 12.8. The van der Waals surface area contributed by atoms with Crippen LogP contribution in [-0.4, -0.2) is 34.7 Å². The highest BCUT2D eigenvalue weighted by Gasteiger charge is 2.05. The lowest BCUT2D eigenvalue weighted by atomic mass is 10.2. The van der Waals surface area contributed by atoms with Gasteiger partial charge in [-0.05, 0) is 31.4 Å². The van der Waals surface area contributed by atoms with Gasteiger partial charge >= 0.3 is 17.9 Å². The number of rotatable bonds is 2. The van der Waals surface area contributed by atoms with E-state index in [1.165, 1.54) is 0 Å². The van der Waals surface area contributed by atoms with Gasteiger partial charge in [0.15, 0.2) is 0 Å². The predicted octanol–water partition coefficient (Wildman–Crippen LogP) is 2.90. The van der Waals surface area contributed by atoms with Gasteiger partial charge in [-0.3, -0.25) is 4.79 Å². The molecule has 0 amide bonds. The Kier molecular flexibility index (Phi) is 16.8. The van der Waals surface area contributed by atoms with Crippen LogP contribution in [0.25, 0.3) is 0 Å². The Morgan fingerprint density at radius 2 is 1.48 bits per heavy atom. The minimum atomic E-state index is -0.981. The van der Waals surface area contributed by atoms with Crippen LogP contribution in [0.1, 0.15) is 25.7 Å². The molecule has 0 unspecified atom stereocenters. The second-order valence-electron chi connectivity index (χ2n) is 3.91. The van der Waals surface area contributed by atoms with E-state index in [2.05, 4.69) is 17.6 Å². The molecule has 0 aliphatic carbocycles. The normalized spacial score (nSPS) is 12.1. The topological polar surface area (TPSA) is 114 Å². The van der Waals surface area contributed by atoms with Crippen LogP contribution in [0.2, 0.25) is 0 Å². The Labute approximate surface area is 134 Å². The maximum absolute atomic E-state index is 10.5. The van der Waals surface area contributed by atoms with E-state index >= 15 is 0 Å². The average Bonchev–Trinajstić information content (AvgIpc) is 3.03. The third-order valence-electron chi connectivity index (χ3n) is 2.06. The van der Waals surface area contributed by atoms with Crippen molar-refractivity contribution in [1.29, 1.82) is 0 Å². The van der Waals surface area contributed by atoms with Gasteiger partial charge in [-0.15, -0.1) is 0 Å². The summed E-state index contributed by atoms with van der Waals surface area (Å²) in [5.41, 5.74) is 0. The van der Waals surface area contributed by atoms with Gasteiger partial charge in [0.2, 0.25) is 0 Å². The third kappa shape index (κ3) is 24.6. The van der Waals surface area contributed by atoms with Crippen LogP contribution in [-0.2, 0) is 19.1 Å². The molecule has 0 bridgehead atoms. The van der Waals surface area contributed by atoms with Crippen LogP contribution >= 0.6 is 0 Å². The lowest BCUT2D eigenvalue weighted by Gasteiger charge is -1.93. The minimum Gasteiger partial charge on any atom is -0.478 e. The van der Waals surface area contributed by atoms with Crippen LogP contribution in [0, 0.1) is 0 Å². The fourth-order valence-electron chi connectivity index (χ4n) is 1.03. The monoisotopic (exact) mass is 326 g/mol. The first kappa shape index (κ1) is 22.5. The molecule has 1 aliphatic heterocycles. The molecule has 7 nitrogen and oxygen atoms in total. The van der Waals surface area contributed by atoms with Gasteiger partial charge in [-0.2, -0.15) is 0 Å². The SMILES string of the molecule is C=CC(=O)O.C=CC(=O)O.O=C1CCCCCO1.c1ccoc1. The maximum Gasteiger partial charge on any atom is 0.327 e. The smallest absolute Gasteiger partial charge is 0.327 e. The number of hydrogen-bond acceptors (Lipinski definition) is 5. The molecule has 0 atom stereocenters. The Bertz CT molecular complexity index is 404. The number of carbonyl (C=O) groups excluding carboxylic acids is 1. The molecule has 0 radical (unpaired) electrons. The molecule has 2 N–H and O–H groups in total. The largest absolute Gasteiger partial charge is 0.478 e. The molecule has 1 aliphatic rings. The summed E-state index contributed by atoms with van der Waals surface area (Å²) < 4.78 is 9.35. The molecule has 23 heavy (non-hydrogen) atoms. The van der Waals surface area contributed by atoms with Crippen LogP contribution in [0.5, 0.6) is 0 Å². The Hall–Kier alpha value is -2.83. The van der Waals surface area contributed by atoms with Crippen LogP contribution in [0.4, 0.5) is 0 Å². The molecule has 1 saturated heterocycles. The molecule has 1 aromatic heterocycles. The van der Waals surface area contributed by atoms with Crippen molar-refractivity contribution in [3.8, 4) is 0 Å². The number of furan rings is 1. The van der Waals surface area contributed by atoms with Crippen molar-refractivity contribution in [2.75, 3.05) is 6.61 Å². The lowest BCUT2D eigenvalue weighted by Crippen LogP contribution is -2.00. The van der Waals surface area contributed by atoms with Crippen molar-refractivity contribution >= 4 is 17.9 Å². The molecular formula is C16H22O7. The fraction of sp³-hybridized carbons (Fsp3) is 0.312. The van der Waals surface area contributed by atoms with Gasteiger partial charge in [0.05, 0.1) is 19.1 Å². The summed E-state index contributed by atoms with van der Waals surface area (Å²) in [7, 11) is 0. The highest BCUT2D eigenvalue weighted by molar-refractivity contribution is 5.79. The number of carbonyl (C=O) groups is 3. The molecular weight excluding hydrogens is 304 g/mol. The van der Waals surface area contributed by atoms with E-state index in [-0.39, 0.29) is 5.97 Å². The molecule has 1 fully saturated rings. The first-order valence-electron chi connectivity index (χ1n) is 6.77. The number of hydrogen-bond donors (Lipinski definition) is 2. The van der Waals surface area contributed by atoms with E-state index in [0.717, 1.165) is 31.4 Å². The van der Waals surface area contributed by atoms with Gasteiger partial charge in [0.25, 0.3) is 0 Å². The molecule has 0 saturated carbocycles. The summed E-state index contributed by atoms with van der Waals surface area (Å²) in [5.74, 6) is -1.99. The van der Waals surface area contributed by atoms with Crippen molar-refractivity contribution in [2.45, 2.75) is 25.7 Å². The highest BCUT2D eigenvalue weighted by Crippen LogP contribution is 2.06. The van der Waals surface area contributed by atoms with E-state index in [1.54, 1.807) is 12.5 Å². The Morgan fingerprint density at radius 3 is 1.83 bits per heavy atom. The van der Waals surface area contributed by atoms with Crippen molar-refractivity contribution in [2.24, 2.45) is 0 Å². The molecule has 0 spiro atoms. The molecule has 128 valence electrons. The van der Waals surface area contributed by atoms with E-state index in [9.17, 15) is 14.4 Å². The molecule has 1 aromatic rings. The number of esters is 1. The van der Waals surface area contributed by atoms with Gasteiger partial charge < -0.3 is 19.4 Å². The highest BCUT2D eigenvalue weighted by atomic mass is 16.5. The number of ether oxygens (including phenoxy) is 1. The number of carboxylic acids is 2. The lowest BCUT2D eigenvalue weighted by molar-refractivity contribution is -0.142. The number of carboxylic acid groups (broad SMARTS) is 2. The second kappa shape index (κ2) is 17.2. The molecule has 2 rings (SSSR count). The van der Waals surface area contributed by atoms with Gasteiger partial charge in [0.1, 0.15) is 0 Å². The average molecular weight is 326 g/mol. The molecule has 0 aromatic carbocycles. The van der Waals surface area contributed by atoms with E-state index in [0.29, 0.717) is 13.0 Å². The molecule has 2 heterocycles. The predicted molar refractivity (Wildman–Crippen MR) is 83.8 cm³/mol. The van der Waals surface area contributed by atoms with Crippen molar-refractivity contribution in [3.05, 3.63) is 50.0 Å². The van der Waals surface area contributed by atoms with E-state index < -0.39 is 11.9 Å². The summed E-state index contributed by atoms with van der Waals surface area (Å²) in [6, 6.07) is 3.67. The van der Waals surface area contributed by atoms with Crippen molar-refractivity contribution in [3.63, 3.8) is 0 Å². The zero-order chi connectivity index (χ0) is 17.9. The number of cyclic esters (lactones) is 1. The summed E-state index contributed by atoms with van der Waals surface area (Å²) in [6.07, 6.45) is 8.75. The van der Waals surface area contributed by atoms with Gasteiger partial charge in [-0.1, -0.05) is 13.2 Å². The van der Waals surface area contributed by atoms with Gasteiger partial charge in [-0.25, -0.2) is 9.59 Å². The van der Waals surface area contributed by atoms with E-state index in [1.807, 2.05) is 12.1 Å². The molecule has 7 heteroatoms. The first-order chi connectivity index (χ1) is 10.9. The van der Waals surface area contributed by atoms with Crippen LogP contribution in [0.15, 0.2) is 54.4 Å². The van der Waals surface area contributed by atoms with Crippen molar-refractivity contribution < 1.29 is 33.8 Å². The van der Waals surface area contributed by atoms with E-state index in [4.69, 9.17) is 14.9 Å². The van der Waals surface area contributed by atoms with Crippen LogP contribution < -0.4 is 0 Å². The standard InChI is InChI=1S/C6H10O2.C4H4O.2C3H4O2/c7-6-4-2-1-3-5-8-6;1-2-4-5-3-1;2*1-2-3(4)5/h1-5H2;1-4H;2*2H,1H2,(H,4,5). The quantitative estimate of drug-likeness (QED) is 0.634. The first-order valence-corrected chi connectivity index (χ1v) is 6.77. The summed E-state index contributed by atoms with van der Waals surface area (Å²) in [4.78, 5) is 29.0. The minimum absolute atomic E-state index is 0.0255. The second-order valence-corrected chi connectivity index (χ2v) is 3.91. The zero-order valence-corrected chi connectivity index (χ0v) is 12.8. The summed E-state index contributed by atoms with van der Waals surface area (Å²) in [6.45, 7) is 6.56. The maximum atomic E-state index is 10.5.